The van der Waals surface area contributed by atoms with E-state index >= 15 is 0 Å². The van der Waals surface area contributed by atoms with Crippen LogP contribution in [0.15, 0.2) is 12.3 Å². The van der Waals surface area contributed by atoms with Crippen LogP contribution in [0.4, 0.5) is 0 Å². The zero-order valence-corrected chi connectivity index (χ0v) is 11.4. The van der Waals surface area contributed by atoms with Gasteiger partial charge in [0.15, 0.2) is 11.3 Å². The highest BCUT2D eigenvalue weighted by Gasteiger charge is 2.22. The number of methoxy groups -OCH3 is 1. The van der Waals surface area contributed by atoms with Crippen LogP contribution in [-0.2, 0) is 10.2 Å². The van der Waals surface area contributed by atoms with Crippen LogP contribution >= 0.6 is 11.6 Å². The third-order valence-corrected chi connectivity index (χ3v) is 2.78. The summed E-state index contributed by atoms with van der Waals surface area (Å²) >= 11 is 5.98. The number of esters is 1. The number of halogens is 1. The third kappa shape index (κ3) is 2.18. The standard InChI is InChI=1S/C12H14ClN3O2/c1-12(2,3)7-5-9(13)15-16-6-8(11(17)18-4)14-10(7)16/h5-6H,1-4H3. The Kier molecular flexibility index (Phi) is 3.02. The van der Waals surface area contributed by atoms with Gasteiger partial charge in [-0.3, -0.25) is 0 Å². The SMILES string of the molecule is COC(=O)c1cn2nc(Cl)cc(C(C)(C)C)c2n1. The Morgan fingerprint density at radius 3 is 2.67 bits per heavy atom. The number of hydrogen-bond donors (Lipinski definition) is 0. The molecule has 6 heteroatoms. The molecule has 0 aliphatic carbocycles. The van der Waals surface area contributed by atoms with Gasteiger partial charge in [-0.05, 0) is 11.5 Å². The molecule has 0 aromatic carbocycles. The summed E-state index contributed by atoms with van der Waals surface area (Å²) < 4.78 is 6.16. The molecule has 0 spiro atoms. The molecule has 0 amide bonds. The van der Waals surface area contributed by atoms with Crippen LogP contribution in [0.5, 0.6) is 0 Å². The van der Waals surface area contributed by atoms with Crippen molar-refractivity contribution in [1.82, 2.24) is 14.6 Å². The molecule has 0 fully saturated rings. The summed E-state index contributed by atoms with van der Waals surface area (Å²) in [7, 11) is 1.32. The summed E-state index contributed by atoms with van der Waals surface area (Å²) in [4.78, 5) is 15.7. The number of fused-ring (bicyclic) bond motifs is 1. The number of hydrogen-bond acceptors (Lipinski definition) is 4. The summed E-state index contributed by atoms with van der Waals surface area (Å²) in [6.07, 6.45) is 1.52. The monoisotopic (exact) mass is 267 g/mol. The lowest BCUT2D eigenvalue weighted by molar-refractivity contribution is 0.0594. The number of carbonyl (C=O) groups excluding carboxylic acids is 1. The molecule has 2 heterocycles. The summed E-state index contributed by atoms with van der Waals surface area (Å²) in [5.41, 5.74) is 1.62. The third-order valence-electron chi connectivity index (χ3n) is 2.60. The second-order valence-corrected chi connectivity index (χ2v) is 5.40. The van der Waals surface area contributed by atoms with E-state index in [-0.39, 0.29) is 11.1 Å². The van der Waals surface area contributed by atoms with Gasteiger partial charge in [-0.25, -0.2) is 14.3 Å². The van der Waals surface area contributed by atoms with Crippen LogP contribution in [0.2, 0.25) is 5.15 Å². The van der Waals surface area contributed by atoms with Crippen molar-refractivity contribution in [2.24, 2.45) is 0 Å². The highest BCUT2D eigenvalue weighted by molar-refractivity contribution is 6.29. The van der Waals surface area contributed by atoms with E-state index in [1.165, 1.54) is 17.8 Å². The first kappa shape index (κ1) is 12.8. The van der Waals surface area contributed by atoms with Gasteiger partial charge < -0.3 is 4.74 Å². The number of imidazole rings is 1. The Labute approximate surface area is 110 Å². The van der Waals surface area contributed by atoms with Gasteiger partial charge in [-0.15, -0.1) is 0 Å². The lowest BCUT2D eigenvalue weighted by Crippen LogP contribution is -2.14. The largest absolute Gasteiger partial charge is 0.464 e. The van der Waals surface area contributed by atoms with Gasteiger partial charge in [-0.2, -0.15) is 5.10 Å². The Bertz CT molecular complexity index is 614. The van der Waals surface area contributed by atoms with E-state index in [2.05, 4.69) is 14.8 Å². The number of rotatable bonds is 1. The van der Waals surface area contributed by atoms with Gasteiger partial charge >= 0.3 is 5.97 Å². The molecule has 0 bridgehead atoms. The van der Waals surface area contributed by atoms with Gasteiger partial charge in [0.2, 0.25) is 0 Å². The summed E-state index contributed by atoms with van der Waals surface area (Å²) in [6, 6.07) is 1.77. The van der Waals surface area contributed by atoms with Gasteiger partial charge in [-0.1, -0.05) is 32.4 Å². The minimum Gasteiger partial charge on any atom is -0.464 e. The van der Waals surface area contributed by atoms with Crippen molar-refractivity contribution in [2.75, 3.05) is 7.11 Å². The molecule has 96 valence electrons. The number of aromatic nitrogens is 3. The maximum absolute atomic E-state index is 11.5. The van der Waals surface area contributed by atoms with Gasteiger partial charge in [0, 0.05) is 5.56 Å². The Morgan fingerprint density at radius 1 is 1.44 bits per heavy atom. The molecule has 2 rings (SSSR count). The molecule has 18 heavy (non-hydrogen) atoms. The zero-order valence-electron chi connectivity index (χ0n) is 10.7. The van der Waals surface area contributed by atoms with Crippen LogP contribution in [-0.4, -0.2) is 27.7 Å². The molecule has 2 aromatic heterocycles. The fourth-order valence-electron chi connectivity index (χ4n) is 1.70. The van der Waals surface area contributed by atoms with Gasteiger partial charge in [0.25, 0.3) is 0 Å². The van der Waals surface area contributed by atoms with E-state index < -0.39 is 5.97 Å². The Balaban J connectivity index is 2.72. The maximum Gasteiger partial charge on any atom is 0.358 e. The smallest absolute Gasteiger partial charge is 0.358 e. The second kappa shape index (κ2) is 4.24. The van der Waals surface area contributed by atoms with Crippen LogP contribution in [0, 0.1) is 0 Å². The van der Waals surface area contributed by atoms with Crippen molar-refractivity contribution in [3.05, 3.63) is 28.7 Å². The topological polar surface area (TPSA) is 56.5 Å². The number of carbonyl (C=O) groups is 1. The van der Waals surface area contributed by atoms with E-state index in [1.807, 2.05) is 20.8 Å². The average Bonchev–Trinajstić information content (AvgIpc) is 2.68. The molecule has 0 radical (unpaired) electrons. The molecular formula is C12H14ClN3O2. The van der Waals surface area contributed by atoms with E-state index in [0.717, 1.165) is 5.56 Å². The van der Waals surface area contributed by atoms with Crippen molar-refractivity contribution in [3.8, 4) is 0 Å². The van der Waals surface area contributed by atoms with Crippen LogP contribution in [0.25, 0.3) is 5.65 Å². The van der Waals surface area contributed by atoms with Crippen molar-refractivity contribution >= 4 is 23.2 Å². The van der Waals surface area contributed by atoms with Gasteiger partial charge in [0.05, 0.1) is 13.3 Å². The van der Waals surface area contributed by atoms with E-state index in [0.29, 0.717) is 10.8 Å². The predicted octanol–water partition coefficient (Wildman–Crippen LogP) is 2.47. The average molecular weight is 268 g/mol. The lowest BCUT2D eigenvalue weighted by Gasteiger charge is -2.19. The van der Waals surface area contributed by atoms with Crippen LogP contribution in [0.3, 0.4) is 0 Å². The highest BCUT2D eigenvalue weighted by Crippen LogP contribution is 2.27. The molecule has 5 nitrogen and oxygen atoms in total. The normalized spacial score (nSPS) is 11.8. The molecule has 0 atom stereocenters. The minimum atomic E-state index is -0.489. The molecule has 0 saturated carbocycles. The zero-order chi connectivity index (χ0) is 13.5. The predicted molar refractivity (Wildman–Crippen MR) is 68.0 cm³/mol. The summed E-state index contributed by atoms with van der Waals surface area (Å²) in [5, 5.41) is 4.46. The van der Waals surface area contributed by atoms with E-state index in [9.17, 15) is 4.79 Å². The lowest BCUT2D eigenvalue weighted by atomic mass is 9.88. The van der Waals surface area contributed by atoms with Crippen molar-refractivity contribution in [3.63, 3.8) is 0 Å². The molecule has 2 aromatic rings. The second-order valence-electron chi connectivity index (χ2n) is 5.02. The number of ether oxygens (including phenoxy) is 1. The fraction of sp³-hybridized carbons (Fsp3) is 0.417. The summed E-state index contributed by atoms with van der Waals surface area (Å²) in [5.74, 6) is -0.489. The van der Waals surface area contributed by atoms with Crippen molar-refractivity contribution < 1.29 is 9.53 Å². The quantitative estimate of drug-likeness (QED) is 0.745. The first-order valence-electron chi connectivity index (χ1n) is 5.47. The van der Waals surface area contributed by atoms with Crippen LogP contribution in [0.1, 0.15) is 36.8 Å². The molecule has 0 aliphatic heterocycles. The van der Waals surface area contributed by atoms with Crippen molar-refractivity contribution in [1.29, 1.82) is 0 Å². The first-order chi connectivity index (χ1) is 8.32. The Morgan fingerprint density at radius 2 is 2.11 bits per heavy atom. The maximum atomic E-state index is 11.5. The molecular weight excluding hydrogens is 254 g/mol. The molecule has 0 aliphatic rings. The van der Waals surface area contributed by atoms with Crippen molar-refractivity contribution in [2.45, 2.75) is 26.2 Å². The van der Waals surface area contributed by atoms with E-state index in [1.54, 1.807) is 6.07 Å². The fourth-order valence-corrected chi connectivity index (χ4v) is 1.89. The van der Waals surface area contributed by atoms with Crippen LogP contribution < -0.4 is 0 Å². The summed E-state index contributed by atoms with van der Waals surface area (Å²) in [6.45, 7) is 6.14. The van der Waals surface area contributed by atoms with Gasteiger partial charge in [0.1, 0.15) is 5.15 Å². The molecule has 0 unspecified atom stereocenters. The van der Waals surface area contributed by atoms with E-state index in [4.69, 9.17) is 11.6 Å². The number of nitrogens with zero attached hydrogens (tertiary/aromatic N) is 3. The highest BCUT2D eigenvalue weighted by atomic mass is 35.5. The molecule has 0 N–H and O–H groups in total. The molecule has 0 saturated heterocycles. The Hall–Kier alpha value is -1.62. The first-order valence-corrected chi connectivity index (χ1v) is 5.85. The minimum absolute atomic E-state index is 0.146.